The van der Waals surface area contributed by atoms with E-state index in [0.717, 1.165) is 18.9 Å². The van der Waals surface area contributed by atoms with E-state index in [1.165, 1.54) is 21.4 Å². The average Bonchev–Trinajstić information content (AvgIpc) is 3.02. The van der Waals surface area contributed by atoms with E-state index in [2.05, 4.69) is 62.6 Å². The van der Waals surface area contributed by atoms with Crippen LogP contribution in [0.3, 0.4) is 0 Å². The molecule has 104 valence electrons. The first-order chi connectivity index (χ1) is 9.78. The predicted molar refractivity (Wildman–Crippen MR) is 77.2 cm³/mol. The minimum atomic E-state index is 0.641. The molecule has 6 nitrogen and oxygen atoms in total. The third-order valence-electron chi connectivity index (χ3n) is 3.30. The second-order valence-electron chi connectivity index (χ2n) is 4.76. The maximum Gasteiger partial charge on any atom is 0.194 e. The predicted octanol–water partition coefficient (Wildman–Crippen LogP) is 1.32. The highest BCUT2D eigenvalue weighted by molar-refractivity contribution is 5.81. The van der Waals surface area contributed by atoms with Crippen LogP contribution in [-0.2, 0) is 20.1 Å². The molecule has 0 bridgehead atoms. The number of nitrogens with zero attached hydrogens (tertiary/aromatic N) is 5. The number of hydrogen-bond acceptors (Lipinski definition) is 4. The molecule has 0 unspecified atom stereocenters. The lowest BCUT2D eigenvalue weighted by molar-refractivity contribution is 0.622. The molecule has 6 heteroatoms. The van der Waals surface area contributed by atoms with Crippen LogP contribution in [0.15, 0.2) is 30.3 Å². The van der Waals surface area contributed by atoms with Gasteiger partial charge in [-0.1, -0.05) is 25.1 Å². The average molecular weight is 270 g/mol. The summed E-state index contributed by atoms with van der Waals surface area (Å²) in [5.41, 5.74) is 2.44. The summed E-state index contributed by atoms with van der Waals surface area (Å²) in [6, 6.07) is 10.6. The van der Waals surface area contributed by atoms with E-state index >= 15 is 0 Å². The zero-order valence-corrected chi connectivity index (χ0v) is 11.7. The van der Waals surface area contributed by atoms with Crippen molar-refractivity contribution in [3.8, 4) is 0 Å². The van der Waals surface area contributed by atoms with Gasteiger partial charge >= 0.3 is 0 Å². The normalized spacial score (nSPS) is 11.3. The molecule has 0 saturated carbocycles. The highest BCUT2D eigenvalue weighted by atomic mass is 15.6. The fourth-order valence-corrected chi connectivity index (χ4v) is 2.38. The first kappa shape index (κ1) is 12.8. The van der Waals surface area contributed by atoms with Crippen LogP contribution in [0.5, 0.6) is 0 Å². The quantitative estimate of drug-likeness (QED) is 0.759. The number of rotatable bonds is 5. The minimum absolute atomic E-state index is 0.641. The third kappa shape index (κ3) is 2.42. The van der Waals surface area contributed by atoms with E-state index in [1.54, 1.807) is 7.05 Å². The van der Waals surface area contributed by atoms with Crippen molar-refractivity contribution in [1.82, 2.24) is 30.1 Å². The van der Waals surface area contributed by atoms with E-state index in [-0.39, 0.29) is 0 Å². The van der Waals surface area contributed by atoms with Crippen molar-refractivity contribution in [3.05, 3.63) is 41.9 Å². The van der Waals surface area contributed by atoms with Gasteiger partial charge in [0.2, 0.25) is 0 Å². The lowest BCUT2D eigenvalue weighted by atomic mass is 10.2. The Kier molecular flexibility index (Phi) is 3.47. The maximum absolute atomic E-state index is 4.27. The Morgan fingerprint density at radius 2 is 2.10 bits per heavy atom. The highest BCUT2D eigenvalue weighted by Gasteiger charge is 2.10. The van der Waals surface area contributed by atoms with Gasteiger partial charge in [0.25, 0.3) is 0 Å². The third-order valence-corrected chi connectivity index (χ3v) is 3.30. The molecule has 0 fully saturated rings. The largest absolute Gasteiger partial charge is 0.335 e. The van der Waals surface area contributed by atoms with Gasteiger partial charge in [0.15, 0.2) is 5.82 Å². The summed E-state index contributed by atoms with van der Waals surface area (Å²) >= 11 is 0. The highest BCUT2D eigenvalue weighted by Crippen LogP contribution is 2.20. The number of tetrazole rings is 1. The van der Waals surface area contributed by atoms with Crippen molar-refractivity contribution < 1.29 is 0 Å². The van der Waals surface area contributed by atoms with Crippen molar-refractivity contribution in [2.45, 2.75) is 20.0 Å². The number of nitrogens with one attached hydrogen (secondary N) is 1. The fraction of sp³-hybridized carbons (Fsp3) is 0.357. The van der Waals surface area contributed by atoms with Crippen molar-refractivity contribution in [2.24, 2.45) is 7.05 Å². The molecule has 1 N–H and O–H groups in total. The number of aryl methyl sites for hydroxylation is 1. The Labute approximate surface area is 117 Å². The second-order valence-corrected chi connectivity index (χ2v) is 4.76. The summed E-state index contributed by atoms with van der Waals surface area (Å²) in [5.74, 6) is 0.728. The van der Waals surface area contributed by atoms with E-state index in [9.17, 15) is 0 Å². The number of fused-ring (bicyclic) bond motifs is 1. The molecular formula is C14H18N6. The van der Waals surface area contributed by atoms with Crippen LogP contribution in [0.2, 0.25) is 0 Å². The van der Waals surface area contributed by atoms with Crippen molar-refractivity contribution >= 4 is 10.9 Å². The fourth-order valence-electron chi connectivity index (χ4n) is 2.38. The lowest BCUT2D eigenvalue weighted by Gasteiger charge is -2.08. The Balaban J connectivity index is 2.01. The molecule has 3 rings (SSSR count). The van der Waals surface area contributed by atoms with Gasteiger partial charge in [-0.15, -0.1) is 10.2 Å². The van der Waals surface area contributed by atoms with Crippen LogP contribution in [-0.4, -0.2) is 31.3 Å². The maximum atomic E-state index is 4.27. The van der Waals surface area contributed by atoms with Crippen molar-refractivity contribution in [1.29, 1.82) is 0 Å². The van der Waals surface area contributed by atoms with E-state index in [0.29, 0.717) is 6.54 Å². The summed E-state index contributed by atoms with van der Waals surface area (Å²) in [6.07, 6.45) is 0. The van der Waals surface area contributed by atoms with E-state index in [4.69, 9.17) is 0 Å². The van der Waals surface area contributed by atoms with Gasteiger partial charge in [0, 0.05) is 17.8 Å². The molecule has 20 heavy (non-hydrogen) atoms. The van der Waals surface area contributed by atoms with E-state index < -0.39 is 0 Å². The molecule has 0 aliphatic heterocycles. The Bertz CT molecular complexity index is 711. The van der Waals surface area contributed by atoms with Crippen LogP contribution < -0.4 is 5.32 Å². The molecule has 2 heterocycles. The number of benzene rings is 1. The first-order valence-electron chi connectivity index (χ1n) is 6.78. The second kappa shape index (κ2) is 5.42. The first-order valence-corrected chi connectivity index (χ1v) is 6.78. The van der Waals surface area contributed by atoms with Crippen LogP contribution in [0, 0.1) is 0 Å². The number of para-hydroxylation sites is 1. The van der Waals surface area contributed by atoms with Crippen LogP contribution in [0.1, 0.15) is 18.4 Å². The summed E-state index contributed by atoms with van der Waals surface area (Å²) in [5, 5.41) is 16.9. The van der Waals surface area contributed by atoms with Gasteiger partial charge in [-0.25, -0.2) is 0 Å². The van der Waals surface area contributed by atoms with Crippen LogP contribution in [0.4, 0.5) is 0 Å². The topological polar surface area (TPSA) is 60.6 Å². The lowest BCUT2D eigenvalue weighted by Crippen LogP contribution is -2.16. The van der Waals surface area contributed by atoms with Gasteiger partial charge in [-0.2, -0.15) is 4.80 Å². The molecule has 0 aliphatic rings. The molecule has 2 aromatic heterocycles. The van der Waals surface area contributed by atoms with Crippen LogP contribution >= 0.6 is 0 Å². The Morgan fingerprint density at radius 1 is 1.25 bits per heavy atom. The molecule has 3 aromatic rings. The standard InChI is InChI=1S/C14H18N6/c1-3-15-9-12-8-11-6-4-5-7-13(11)20(12)10-14-16-18-19(2)17-14/h4-8,15H,3,9-10H2,1-2H3. The molecule has 0 saturated heterocycles. The van der Waals surface area contributed by atoms with Gasteiger partial charge in [-0.3, -0.25) is 0 Å². The van der Waals surface area contributed by atoms with Crippen molar-refractivity contribution in [3.63, 3.8) is 0 Å². The smallest absolute Gasteiger partial charge is 0.194 e. The van der Waals surface area contributed by atoms with Gasteiger partial charge < -0.3 is 9.88 Å². The molecule has 0 spiro atoms. The van der Waals surface area contributed by atoms with Crippen LogP contribution in [0.25, 0.3) is 10.9 Å². The molecular weight excluding hydrogens is 252 g/mol. The molecule has 0 amide bonds. The minimum Gasteiger partial charge on any atom is -0.335 e. The van der Waals surface area contributed by atoms with Crippen molar-refractivity contribution in [2.75, 3.05) is 6.54 Å². The number of aromatic nitrogens is 5. The Hall–Kier alpha value is -2.21. The zero-order chi connectivity index (χ0) is 13.9. The summed E-state index contributed by atoms with van der Waals surface area (Å²) < 4.78 is 2.25. The SMILES string of the molecule is CCNCc1cc2ccccc2n1Cc1nnn(C)n1. The molecule has 1 aromatic carbocycles. The summed E-state index contributed by atoms with van der Waals surface area (Å²) in [4.78, 5) is 1.49. The van der Waals surface area contributed by atoms with Gasteiger partial charge in [0.05, 0.1) is 13.6 Å². The molecule has 0 aliphatic carbocycles. The monoisotopic (exact) mass is 270 g/mol. The molecule has 0 atom stereocenters. The molecule has 0 radical (unpaired) electrons. The summed E-state index contributed by atoms with van der Waals surface area (Å²) in [6.45, 7) is 4.54. The van der Waals surface area contributed by atoms with E-state index in [1.807, 2.05) is 0 Å². The Morgan fingerprint density at radius 3 is 2.85 bits per heavy atom. The summed E-state index contributed by atoms with van der Waals surface area (Å²) in [7, 11) is 1.78. The van der Waals surface area contributed by atoms with Gasteiger partial charge in [0.1, 0.15) is 0 Å². The zero-order valence-electron chi connectivity index (χ0n) is 11.7. The number of hydrogen-bond donors (Lipinski definition) is 1. The van der Waals surface area contributed by atoms with Gasteiger partial charge in [-0.05, 0) is 29.3 Å².